The monoisotopic (exact) mass is 316 g/mol. The highest BCUT2D eigenvalue weighted by molar-refractivity contribution is 9.10. The van der Waals surface area contributed by atoms with E-state index in [9.17, 15) is 9.18 Å². The number of benzene rings is 1. The Kier molecular flexibility index (Phi) is 5.75. The second kappa shape index (κ2) is 6.85. The lowest BCUT2D eigenvalue weighted by Gasteiger charge is -2.15. The molecule has 0 bridgehead atoms. The molecule has 100 valence electrons. The van der Waals surface area contributed by atoms with Crippen molar-refractivity contribution < 1.29 is 9.18 Å². The van der Waals surface area contributed by atoms with Crippen molar-refractivity contribution in [2.24, 2.45) is 0 Å². The molecular weight excluding hydrogens is 299 g/mol. The number of carbonyl (C=O) groups excluding carboxylic acids is 1. The Balaban J connectivity index is 2.52. The summed E-state index contributed by atoms with van der Waals surface area (Å²) in [7, 11) is 0. The third-order valence-electron chi connectivity index (χ3n) is 2.46. The molecule has 1 aromatic carbocycles. The van der Waals surface area contributed by atoms with Crippen LogP contribution in [0.15, 0.2) is 22.7 Å². The van der Waals surface area contributed by atoms with E-state index in [0.717, 1.165) is 5.56 Å². The molecule has 0 spiro atoms. The van der Waals surface area contributed by atoms with Crippen LogP contribution in [0.4, 0.5) is 4.39 Å². The first-order valence-corrected chi connectivity index (χ1v) is 6.67. The van der Waals surface area contributed by atoms with E-state index in [1.54, 1.807) is 12.1 Å². The van der Waals surface area contributed by atoms with Crippen LogP contribution in [0.3, 0.4) is 0 Å². The number of hydrogen-bond acceptors (Lipinski definition) is 2. The molecule has 2 N–H and O–H groups in total. The van der Waals surface area contributed by atoms with Crippen molar-refractivity contribution in [2.45, 2.75) is 32.9 Å². The maximum absolute atomic E-state index is 13.1. The van der Waals surface area contributed by atoms with Gasteiger partial charge in [-0.1, -0.05) is 6.07 Å². The van der Waals surface area contributed by atoms with Gasteiger partial charge in [-0.25, -0.2) is 4.39 Å². The summed E-state index contributed by atoms with van der Waals surface area (Å²) in [5.41, 5.74) is 0.931. The molecule has 18 heavy (non-hydrogen) atoms. The van der Waals surface area contributed by atoms with Gasteiger partial charge >= 0.3 is 0 Å². The van der Waals surface area contributed by atoms with E-state index in [1.165, 1.54) is 6.07 Å². The van der Waals surface area contributed by atoms with E-state index < -0.39 is 0 Å². The van der Waals surface area contributed by atoms with Gasteiger partial charge < -0.3 is 10.6 Å². The van der Waals surface area contributed by atoms with Gasteiger partial charge in [0.1, 0.15) is 5.82 Å². The van der Waals surface area contributed by atoms with Crippen LogP contribution in [0.2, 0.25) is 0 Å². The summed E-state index contributed by atoms with van der Waals surface area (Å²) >= 11 is 3.15. The average Bonchev–Trinajstić information content (AvgIpc) is 2.28. The van der Waals surface area contributed by atoms with Gasteiger partial charge in [0, 0.05) is 12.1 Å². The molecule has 0 heterocycles. The van der Waals surface area contributed by atoms with Crippen molar-refractivity contribution >= 4 is 21.8 Å². The lowest BCUT2D eigenvalue weighted by atomic mass is 10.1. The summed E-state index contributed by atoms with van der Waals surface area (Å²) in [6.45, 7) is 6.01. The van der Waals surface area contributed by atoms with Gasteiger partial charge in [-0.2, -0.15) is 0 Å². The van der Waals surface area contributed by atoms with Gasteiger partial charge in [0.05, 0.1) is 11.0 Å². The van der Waals surface area contributed by atoms with E-state index >= 15 is 0 Å². The minimum Gasteiger partial charge on any atom is -0.353 e. The molecule has 0 saturated heterocycles. The number of nitrogens with one attached hydrogen (secondary N) is 2. The average molecular weight is 317 g/mol. The minimum absolute atomic E-state index is 0.0141. The Morgan fingerprint density at radius 1 is 1.39 bits per heavy atom. The van der Waals surface area contributed by atoms with E-state index in [4.69, 9.17) is 0 Å². The van der Waals surface area contributed by atoms with Crippen LogP contribution in [0.25, 0.3) is 0 Å². The molecule has 0 saturated carbocycles. The van der Waals surface area contributed by atoms with Crippen LogP contribution < -0.4 is 10.6 Å². The van der Waals surface area contributed by atoms with Crippen LogP contribution in [0.1, 0.15) is 32.4 Å². The first kappa shape index (κ1) is 15.1. The maximum atomic E-state index is 13.1. The van der Waals surface area contributed by atoms with Crippen molar-refractivity contribution in [1.29, 1.82) is 0 Å². The largest absolute Gasteiger partial charge is 0.353 e. The Morgan fingerprint density at radius 3 is 2.61 bits per heavy atom. The van der Waals surface area contributed by atoms with Crippen LogP contribution in [-0.2, 0) is 4.79 Å². The zero-order chi connectivity index (χ0) is 13.7. The predicted molar refractivity (Wildman–Crippen MR) is 73.8 cm³/mol. The third-order valence-corrected chi connectivity index (χ3v) is 3.07. The van der Waals surface area contributed by atoms with E-state index in [-0.39, 0.29) is 30.4 Å². The minimum atomic E-state index is -0.288. The van der Waals surface area contributed by atoms with Crippen LogP contribution in [-0.4, -0.2) is 18.5 Å². The fourth-order valence-corrected chi connectivity index (χ4v) is 1.91. The Morgan fingerprint density at radius 2 is 2.06 bits per heavy atom. The molecular formula is C13H18BrFN2O. The van der Waals surface area contributed by atoms with Gasteiger partial charge in [-0.05, 0) is 54.4 Å². The number of carbonyl (C=O) groups is 1. The molecule has 1 atom stereocenters. The highest BCUT2D eigenvalue weighted by Gasteiger charge is 2.10. The maximum Gasteiger partial charge on any atom is 0.234 e. The molecule has 0 fully saturated rings. The summed E-state index contributed by atoms with van der Waals surface area (Å²) in [4.78, 5) is 11.5. The Labute approximate surface area is 115 Å². The van der Waals surface area contributed by atoms with Crippen molar-refractivity contribution in [2.75, 3.05) is 6.54 Å². The highest BCUT2D eigenvalue weighted by Crippen LogP contribution is 2.20. The second-order valence-corrected chi connectivity index (χ2v) is 5.35. The summed E-state index contributed by atoms with van der Waals surface area (Å²) in [5.74, 6) is -0.332. The van der Waals surface area contributed by atoms with Gasteiger partial charge in [-0.3, -0.25) is 4.79 Å². The van der Waals surface area contributed by atoms with E-state index in [0.29, 0.717) is 4.47 Å². The SMILES string of the molecule is CC(C)NC(=O)CNC(C)c1ccc(F)c(Br)c1. The van der Waals surface area contributed by atoms with Crippen LogP contribution >= 0.6 is 15.9 Å². The van der Waals surface area contributed by atoms with E-state index in [1.807, 2.05) is 20.8 Å². The molecule has 0 aliphatic carbocycles. The summed E-state index contributed by atoms with van der Waals surface area (Å²) in [5, 5.41) is 5.89. The van der Waals surface area contributed by atoms with Gasteiger partial charge in [0.25, 0.3) is 0 Å². The molecule has 1 rings (SSSR count). The Bertz CT molecular complexity index is 423. The molecule has 1 amide bonds. The zero-order valence-electron chi connectivity index (χ0n) is 10.8. The molecule has 1 unspecified atom stereocenters. The molecule has 0 aliphatic rings. The fraction of sp³-hybridized carbons (Fsp3) is 0.462. The Hall–Kier alpha value is -0.940. The second-order valence-electron chi connectivity index (χ2n) is 4.50. The lowest BCUT2D eigenvalue weighted by Crippen LogP contribution is -2.38. The number of hydrogen-bond donors (Lipinski definition) is 2. The topological polar surface area (TPSA) is 41.1 Å². The third kappa shape index (κ3) is 4.74. The van der Waals surface area contributed by atoms with Crippen molar-refractivity contribution in [3.05, 3.63) is 34.1 Å². The standard InChI is InChI=1S/C13H18BrFN2O/c1-8(2)17-13(18)7-16-9(3)10-4-5-12(15)11(14)6-10/h4-6,8-9,16H,7H2,1-3H3,(H,17,18). The molecule has 0 aliphatic heterocycles. The smallest absolute Gasteiger partial charge is 0.234 e. The summed E-state index contributed by atoms with van der Waals surface area (Å²) < 4.78 is 13.5. The number of rotatable bonds is 5. The van der Waals surface area contributed by atoms with Crippen LogP contribution in [0, 0.1) is 5.82 Å². The van der Waals surface area contributed by atoms with Crippen molar-refractivity contribution in [1.82, 2.24) is 10.6 Å². The lowest BCUT2D eigenvalue weighted by molar-refractivity contribution is -0.120. The van der Waals surface area contributed by atoms with Crippen molar-refractivity contribution in [3.63, 3.8) is 0 Å². The number of halogens is 2. The molecule has 3 nitrogen and oxygen atoms in total. The van der Waals surface area contributed by atoms with Gasteiger partial charge in [0.15, 0.2) is 0 Å². The highest BCUT2D eigenvalue weighted by atomic mass is 79.9. The summed E-state index contributed by atoms with van der Waals surface area (Å²) in [6, 6.07) is 4.95. The van der Waals surface area contributed by atoms with Crippen LogP contribution in [0.5, 0.6) is 0 Å². The predicted octanol–water partition coefficient (Wildman–Crippen LogP) is 2.76. The van der Waals surface area contributed by atoms with Gasteiger partial charge in [-0.15, -0.1) is 0 Å². The van der Waals surface area contributed by atoms with Gasteiger partial charge in [0.2, 0.25) is 5.91 Å². The molecule has 1 aromatic rings. The first-order chi connectivity index (χ1) is 8.40. The normalized spacial score (nSPS) is 12.6. The quantitative estimate of drug-likeness (QED) is 0.877. The molecule has 0 aromatic heterocycles. The molecule has 5 heteroatoms. The first-order valence-electron chi connectivity index (χ1n) is 5.88. The number of amides is 1. The summed E-state index contributed by atoms with van der Waals surface area (Å²) in [6.07, 6.45) is 0. The molecule has 0 radical (unpaired) electrons. The van der Waals surface area contributed by atoms with E-state index in [2.05, 4.69) is 26.6 Å². The zero-order valence-corrected chi connectivity index (χ0v) is 12.3. The fourth-order valence-electron chi connectivity index (χ4n) is 1.52. The van der Waals surface area contributed by atoms with Crippen molar-refractivity contribution in [3.8, 4) is 0 Å².